The van der Waals surface area contributed by atoms with Crippen molar-refractivity contribution in [1.29, 1.82) is 0 Å². The van der Waals surface area contributed by atoms with Crippen LogP contribution in [0.3, 0.4) is 0 Å². The molecule has 8 heteroatoms. The quantitative estimate of drug-likeness (QED) is 0.287. The number of aliphatic carboxylic acids is 1. The van der Waals surface area contributed by atoms with Gasteiger partial charge in [-0.05, 0) is 41.8 Å². The molecule has 4 rings (SSSR count). The number of benzene rings is 3. The van der Waals surface area contributed by atoms with E-state index in [1.807, 2.05) is 66.7 Å². The van der Waals surface area contributed by atoms with Gasteiger partial charge in [-0.3, -0.25) is 4.79 Å². The molecule has 0 amide bonds. The highest BCUT2D eigenvalue weighted by molar-refractivity contribution is 6.05. The molecule has 1 aliphatic rings. The van der Waals surface area contributed by atoms with Crippen molar-refractivity contribution in [3.05, 3.63) is 83.4 Å². The molecule has 0 radical (unpaired) electrons. The number of esters is 1. The Bertz CT molecular complexity index is 1340. The number of hydrogen-bond acceptors (Lipinski definition) is 7. The van der Waals surface area contributed by atoms with E-state index in [2.05, 4.69) is 4.90 Å². The van der Waals surface area contributed by atoms with Crippen molar-refractivity contribution in [2.24, 2.45) is 0 Å². The van der Waals surface area contributed by atoms with Crippen LogP contribution in [0.4, 0.5) is 5.69 Å². The summed E-state index contributed by atoms with van der Waals surface area (Å²) in [6.07, 6.45) is -0.468. The molecular weight excluding hydrogens is 498 g/mol. The lowest BCUT2D eigenvalue weighted by Gasteiger charge is -2.31. The van der Waals surface area contributed by atoms with Crippen molar-refractivity contribution in [3.8, 4) is 22.6 Å². The molecule has 39 heavy (non-hydrogen) atoms. The van der Waals surface area contributed by atoms with E-state index in [1.165, 1.54) is 0 Å². The second-order valence-corrected chi connectivity index (χ2v) is 8.91. The first-order valence-electron chi connectivity index (χ1n) is 12.8. The third-order valence-corrected chi connectivity index (χ3v) is 6.55. The molecule has 204 valence electrons. The molecule has 1 N–H and O–H groups in total. The fourth-order valence-corrected chi connectivity index (χ4v) is 4.75. The zero-order chi connectivity index (χ0) is 27.8. The molecule has 0 aromatic heterocycles. The summed E-state index contributed by atoms with van der Waals surface area (Å²) < 4.78 is 22.0. The Balaban J connectivity index is 1.98. The molecule has 3 aromatic rings. The molecule has 8 nitrogen and oxygen atoms in total. The Morgan fingerprint density at radius 3 is 2.26 bits per heavy atom. The van der Waals surface area contributed by atoms with Gasteiger partial charge in [0.25, 0.3) is 0 Å². The van der Waals surface area contributed by atoms with Crippen LogP contribution in [0.2, 0.25) is 0 Å². The number of rotatable bonds is 10. The topological polar surface area (TPSA) is 94.5 Å². The van der Waals surface area contributed by atoms with Gasteiger partial charge in [0.2, 0.25) is 0 Å². The SMILES string of the molecule is CCOC(=O)/C(CC(=O)O)=C(\c1ccccc1)c1ccc(-c2ccc(OC)cc2OC)c(N2CCOCC2)c1. The zero-order valence-corrected chi connectivity index (χ0v) is 22.4. The number of methoxy groups -OCH3 is 2. The lowest BCUT2D eigenvalue weighted by atomic mass is 9.89. The average Bonchev–Trinajstić information content (AvgIpc) is 2.97. The molecule has 1 saturated heterocycles. The highest BCUT2D eigenvalue weighted by Crippen LogP contribution is 2.41. The van der Waals surface area contributed by atoms with Crippen LogP contribution in [0.25, 0.3) is 16.7 Å². The number of carbonyl (C=O) groups excluding carboxylic acids is 1. The number of nitrogens with zero attached hydrogens (tertiary/aromatic N) is 1. The van der Waals surface area contributed by atoms with Crippen molar-refractivity contribution < 1.29 is 33.6 Å². The minimum atomic E-state index is -1.11. The fraction of sp³-hybridized carbons (Fsp3) is 0.290. The minimum absolute atomic E-state index is 0.0956. The first-order valence-corrected chi connectivity index (χ1v) is 12.8. The van der Waals surface area contributed by atoms with E-state index in [0.29, 0.717) is 48.9 Å². The number of anilines is 1. The molecule has 1 heterocycles. The van der Waals surface area contributed by atoms with Gasteiger partial charge in [-0.15, -0.1) is 0 Å². The van der Waals surface area contributed by atoms with E-state index in [9.17, 15) is 14.7 Å². The first-order chi connectivity index (χ1) is 19.0. The second kappa shape index (κ2) is 13.0. The largest absolute Gasteiger partial charge is 0.497 e. The van der Waals surface area contributed by atoms with Gasteiger partial charge in [-0.1, -0.05) is 42.5 Å². The summed E-state index contributed by atoms with van der Waals surface area (Å²) in [5.41, 5.74) is 4.80. The van der Waals surface area contributed by atoms with E-state index >= 15 is 0 Å². The first kappa shape index (κ1) is 27.7. The van der Waals surface area contributed by atoms with Crippen molar-refractivity contribution in [1.82, 2.24) is 0 Å². The van der Waals surface area contributed by atoms with Crippen LogP contribution in [-0.4, -0.2) is 64.2 Å². The molecule has 0 atom stereocenters. The maximum atomic E-state index is 13.1. The van der Waals surface area contributed by atoms with Crippen molar-refractivity contribution in [2.75, 3.05) is 52.0 Å². The minimum Gasteiger partial charge on any atom is -0.497 e. The number of morpholine rings is 1. The molecule has 0 bridgehead atoms. The molecule has 3 aromatic carbocycles. The summed E-state index contributed by atoms with van der Waals surface area (Å²) in [6, 6.07) is 20.9. The molecule has 1 fully saturated rings. The van der Waals surface area contributed by atoms with Gasteiger partial charge in [0, 0.05) is 36.0 Å². The molecule has 0 aliphatic carbocycles. The lowest BCUT2D eigenvalue weighted by molar-refractivity contribution is -0.142. The van der Waals surface area contributed by atoms with Crippen LogP contribution in [0.1, 0.15) is 24.5 Å². The van der Waals surface area contributed by atoms with Crippen LogP contribution in [-0.2, 0) is 19.1 Å². The Labute approximate surface area is 228 Å². The standard InChI is InChI=1S/C31H33NO7/c1-4-39-31(35)26(20-29(33)34)30(21-8-6-5-7-9-21)22-10-12-24(27(18-22)32-14-16-38-17-15-32)25-13-11-23(36-2)19-28(25)37-3/h5-13,18-19H,4,14-17,20H2,1-3H3,(H,33,34)/b30-26+. The monoisotopic (exact) mass is 531 g/mol. The Kier molecular flexibility index (Phi) is 9.22. The summed E-state index contributed by atoms with van der Waals surface area (Å²) in [6.45, 7) is 4.36. The van der Waals surface area contributed by atoms with Gasteiger partial charge >= 0.3 is 11.9 Å². The summed E-state index contributed by atoms with van der Waals surface area (Å²) in [5.74, 6) is -0.414. The van der Waals surface area contributed by atoms with Crippen LogP contribution >= 0.6 is 0 Å². The Hall–Kier alpha value is -4.30. The molecule has 0 spiro atoms. The van der Waals surface area contributed by atoms with Gasteiger partial charge in [-0.25, -0.2) is 4.79 Å². The average molecular weight is 532 g/mol. The van der Waals surface area contributed by atoms with Crippen LogP contribution in [0, 0.1) is 0 Å². The fourth-order valence-electron chi connectivity index (χ4n) is 4.75. The van der Waals surface area contributed by atoms with Crippen LogP contribution < -0.4 is 14.4 Å². The number of carboxylic acid groups (broad SMARTS) is 1. The zero-order valence-electron chi connectivity index (χ0n) is 22.4. The van der Waals surface area contributed by atoms with Gasteiger partial charge < -0.3 is 29.0 Å². The van der Waals surface area contributed by atoms with Crippen molar-refractivity contribution in [2.45, 2.75) is 13.3 Å². The highest BCUT2D eigenvalue weighted by atomic mass is 16.5. The molecule has 0 saturated carbocycles. The summed E-state index contributed by atoms with van der Waals surface area (Å²) in [5, 5.41) is 9.71. The lowest BCUT2D eigenvalue weighted by Crippen LogP contribution is -2.36. The Morgan fingerprint density at radius 1 is 0.897 bits per heavy atom. The molecule has 1 aliphatic heterocycles. The highest BCUT2D eigenvalue weighted by Gasteiger charge is 2.25. The molecule has 0 unspecified atom stereocenters. The van der Waals surface area contributed by atoms with Crippen molar-refractivity contribution >= 4 is 23.2 Å². The maximum Gasteiger partial charge on any atom is 0.335 e. The van der Waals surface area contributed by atoms with E-state index in [0.717, 1.165) is 22.4 Å². The van der Waals surface area contributed by atoms with E-state index in [4.69, 9.17) is 18.9 Å². The summed E-state index contributed by atoms with van der Waals surface area (Å²) in [4.78, 5) is 27.2. The number of carboxylic acids is 1. The van der Waals surface area contributed by atoms with Crippen LogP contribution in [0.5, 0.6) is 11.5 Å². The predicted octanol–water partition coefficient (Wildman–Crippen LogP) is 5.05. The third-order valence-electron chi connectivity index (χ3n) is 6.55. The second-order valence-electron chi connectivity index (χ2n) is 8.91. The number of hydrogen-bond donors (Lipinski definition) is 1. The van der Waals surface area contributed by atoms with E-state index in [-0.39, 0.29) is 12.2 Å². The summed E-state index contributed by atoms with van der Waals surface area (Å²) in [7, 11) is 3.23. The van der Waals surface area contributed by atoms with Gasteiger partial charge in [0.05, 0.1) is 46.0 Å². The molecular formula is C31H33NO7. The Morgan fingerprint density at radius 2 is 1.62 bits per heavy atom. The normalized spacial score (nSPS) is 13.9. The summed E-state index contributed by atoms with van der Waals surface area (Å²) >= 11 is 0. The number of carbonyl (C=O) groups is 2. The van der Waals surface area contributed by atoms with E-state index < -0.39 is 18.4 Å². The van der Waals surface area contributed by atoms with Crippen molar-refractivity contribution in [3.63, 3.8) is 0 Å². The third kappa shape index (κ3) is 6.41. The maximum absolute atomic E-state index is 13.1. The van der Waals surface area contributed by atoms with Gasteiger partial charge in [-0.2, -0.15) is 0 Å². The van der Waals surface area contributed by atoms with Gasteiger partial charge in [0.1, 0.15) is 11.5 Å². The number of ether oxygens (including phenoxy) is 4. The van der Waals surface area contributed by atoms with Gasteiger partial charge in [0.15, 0.2) is 0 Å². The van der Waals surface area contributed by atoms with E-state index in [1.54, 1.807) is 21.1 Å². The smallest absolute Gasteiger partial charge is 0.335 e. The predicted molar refractivity (Wildman–Crippen MR) is 149 cm³/mol. The van der Waals surface area contributed by atoms with Crippen LogP contribution in [0.15, 0.2) is 72.3 Å².